The van der Waals surface area contributed by atoms with Crippen LogP contribution >= 0.6 is 0 Å². The molecule has 12 heavy (non-hydrogen) atoms. The van der Waals surface area contributed by atoms with Crippen LogP contribution in [0.1, 0.15) is 26.7 Å². The number of nitrogens with one attached hydrogen (secondary N) is 1. The second-order valence-electron chi connectivity index (χ2n) is 4.44. The lowest BCUT2D eigenvalue weighted by Crippen LogP contribution is -2.48. The summed E-state index contributed by atoms with van der Waals surface area (Å²) in [5.74, 6) is 0.994. The van der Waals surface area contributed by atoms with Gasteiger partial charge in [0.15, 0.2) is 0 Å². The van der Waals surface area contributed by atoms with Crippen molar-refractivity contribution in [3.05, 3.63) is 0 Å². The lowest BCUT2D eigenvalue weighted by molar-refractivity contribution is 0.159. The zero-order valence-corrected chi connectivity index (χ0v) is 8.21. The van der Waals surface area contributed by atoms with E-state index in [9.17, 15) is 0 Å². The molecule has 2 saturated heterocycles. The Bertz CT molecular complexity index is 156. The van der Waals surface area contributed by atoms with E-state index in [4.69, 9.17) is 0 Å². The van der Waals surface area contributed by atoms with E-state index in [0.29, 0.717) is 0 Å². The van der Waals surface area contributed by atoms with Gasteiger partial charge in [-0.3, -0.25) is 4.90 Å². The van der Waals surface area contributed by atoms with Gasteiger partial charge in [-0.2, -0.15) is 0 Å². The van der Waals surface area contributed by atoms with Crippen LogP contribution < -0.4 is 5.32 Å². The standard InChI is InChI=1S/C10H20N2/c1-8(2)12-6-4-9-3-5-11-7-10(9)12/h8-11H,3-7H2,1-2H3/t9-,10-/m0/s1. The number of hydrogen-bond acceptors (Lipinski definition) is 2. The molecule has 2 atom stereocenters. The van der Waals surface area contributed by atoms with Gasteiger partial charge in [0.05, 0.1) is 0 Å². The third-order valence-corrected chi connectivity index (χ3v) is 3.44. The van der Waals surface area contributed by atoms with Crippen LogP contribution in [-0.4, -0.2) is 36.6 Å². The van der Waals surface area contributed by atoms with Gasteiger partial charge in [-0.05, 0) is 45.7 Å². The highest BCUT2D eigenvalue weighted by molar-refractivity contribution is 4.92. The molecular formula is C10H20N2. The summed E-state index contributed by atoms with van der Waals surface area (Å²) < 4.78 is 0. The molecule has 2 fully saturated rings. The maximum Gasteiger partial charge on any atom is 0.0252 e. The monoisotopic (exact) mass is 168 g/mol. The van der Waals surface area contributed by atoms with Gasteiger partial charge < -0.3 is 5.32 Å². The van der Waals surface area contributed by atoms with Crippen LogP contribution in [0.15, 0.2) is 0 Å². The smallest absolute Gasteiger partial charge is 0.0252 e. The fraction of sp³-hybridized carbons (Fsp3) is 1.00. The Kier molecular flexibility index (Phi) is 2.37. The predicted molar refractivity (Wildman–Crippen MR) is 51.2 cm³/mol. The van der Waals surface area contributed by atoms with Gasteiger partial charge in [0.1, 0.15) is 0 Å². The summed E-state index contributed by atoms with van der Waals surface area (Å²) in [4.78, 5) is 2.66. The number of hydrogen-bond donors (Lipinski definition) is 1. The molecule has 0 saturated carbocycles. The molecular weight excluding hydrogens is 148 g/mol. The van der Waals surface area contributed by atoms with Crippen LogP contribution in [0, 0.1) is 5.92 Å². The van der Waals surface area contributed by atoms with E-state index in [-0.39, 0.29) is 0 Å². The normalized spacial score (nSPS) is 37.2. The minimum Gasteiger partial charge on any atom is -0.315 e. The Morgan fingerprint density at radius 2 is 2.17 bits per heavy atom. The fourth-order valence-electron chi connectivity index (χ4n) is 2.74. The topological polar surface area (TPSA) is 15.3 Å². The van der Waals surface area contributed by atoms with Gasteiger partial charge in [0.25, 0.3) is 0 Å². The highest BCUT2D eigenvalue weighted by atomic mass is 15.2. The van der Waals surface area contributed by atoms with Crippen LogP contribution in [-0.2, 0) is 0 Å². The Morgan fingerprint density at radius 3 is 2.92 bits per heavy atom. The van der Waals surface area contributed by atoms with Crippen LogP contribution in [0.2, 0.25) is 0 Å². The summed E-state index contributed by atoms with van der Waals surface area (Å²) >= 11 is 0. The molecule has 0 amide bonds. The summed E-state index contributed by atoms with van der Waals surface area (Å²) in [5, 5.41) is 3.50. The lowest BCUT2D eigenvalue weighted by Gasteiger charge is -2.34. The largest absolute Gasteiger partial charge is 0.315 e. The first-order valence-corrected chi connectivity index (χ1v) is 5.25. The summed E-state index contributed by atoms with van der Waals surface area (Å²) in [6.07, 6.45) is 2.83. The molecule has 1 N–H and O–H groups in total. The number of fused-ring (bicyclic) bond motifs is 1. The Morgan fingerprint density at radius 1 is 1.33 bits per heavy atom. The predicted octanol–water partition coefficient (Wildman–Crippen LogP) is 1.08. The minimum absolute atomic E-state index is 0.736. The molecule has 0 spiro atoms. The number of rotatable bonds is 1. The molecule has 2 aliphatic heterocycles. The van der Waals surface area contributed by atoms with Gasteiger partial charge in [0, 0.05) is 18.6 Å². The van der Waals surface area contributed by atoms with Gasteiger partial charge in [-0.1, -0.05) is 0 Å². The zero-order chi connectivity index (χ0) is 8.55. The summed E-state index contributed by atoms with van der Waals surface area (Å²) in [7, 11) is 0. The molecule has 0 aromatic carbocycles. The molecule has 0 aromatic heterocycles. The average Bonchev–Trinajstić information content (AvgIpc) is 2.47. The quantitative estimate of drug-likeness (QED) is 0.630. The van der Waals surface area contributed by atoms with Crippen LogP contribution in [0.5, 0.6) is 0 Å². The molecule has 70 valence electrons. The van der Waals surface area contributed by atoms with Crippen LogP contribution in [0.3, 0.4) is 0 Å². The van der Waals surface area contributed by atoms with Crippen molar-refractivity contribution in [3.63, 3.8) is 0 Å². The lowest BCUT2D eigenvalue weighted by atomic mass is 9.93. The van der Waals surface area contributed by atoms with E-state index in [1.807, 2.05) is 0 Å². The molecule has 2 rings (SSSR count). The Balaban J connectivity index is 2.01. The molecule has 2 nitrogen and oxygen atoms in total. The van der Waals surface area contributed by atoms with Crippen molar-refractivity contribution in [1.82, 2.24) is 10.2 Å². The number of nitrogens with zero attached hydrogens (tertiary/aromatic N) is 1. The van der Waals surface area contributed by atoms with E-state index in [2.05, 4.69) is 24.1 Å². The zero-order valence-electron chi connectivity index (χ0n) is 8.21. The molecule has 0 bridgehead atoms. The van der Waals surface area contributed by atoms with E-state index in [1.165, 1.54) is 32.5 Å². The number of likely N-dealkylation sites (tertiary alicyclic amines) is 1. The van der Waals surface area contributed by atoms with E-state index < -0.39 is 0 Å². The van der Waals surface area contributed by atoms with Crippen molar-refractivity contribution < 1.29 is 0 Å². The van der Waals surface area contributed by atoms with Crippen molar-refractivity contribution in [2.45, 2.75) is 38.8 Å². The van der Waals surface area contributed by atoms with Crippen molar-refractivity contribution in [1.29, 1.82) is 0 Å². The Labute approximate surface area is 75.3 Å². The van der Waals surface area contributed by atoms with Crippen molar-refractivity contribution >= 4 is 0 Å². The molecule has 2 heteroatoms. The molecule has 0 unspecified atom stereocenters. The molecule has 0 radical (unpaired) electrons. The maximum atomic E-state index is 3.50. The molecule has 0 aliphatic carbocycles. The maximum absolute atomic E-state index is 3.50. The number of piperidine rings is 1. The highest BCUT2D eigenvalue weighted by Gasteiger charge is 2.36. The van der Waals surface area contributed by atoms with Crippen molar-refractivity contribution in [2.75, 3.05) is 19.6 Å². The first-order chi connectivity index (χ1) is 5.79. The van der Waals surface area contributed by atoms with Gasteiger partial charge in [-0.15, -0.1) is 0 Å². The molecule has 2 aliphatic rings. The van der Waals surface area contributed by atoms with Gasteiger partial charge in [0.2, 0.25) is 0 Å². The summed E-state index contributed by atoms with van der Waals surface area (Å²) in [6.45, 7) is 8.43. The second-order valence-corrected chi connectivity index (χ2v) is 4.44. The summed E-state index contributed by atoms with van der Waals surface area (Å²) in [6, 6.07) is 1.58. The van der Waals surface area contributed by atoms with E-state index in [1.54, 1.807) is 0 Å². The average molecular weight is 168 g/mol. The first-order valence-electron chi connectivity index (χ1n) is 5.25. The fourth-order valence-corrected chi connectivity index (χ4v) is 2.74. The Hall–Kier alpha value is -0.0800. The SMILES string of the molecule is CC(C)N1CC[C@@H]2CCNC[C@@H]21. The second kappa shape index (κ2) is 3.35. The highest BCUT2D eigenvalue weighted by Crippen LogP contribution is 2.29. The summed E-state index contributed by atoms with van der Waals surface area (Å²) in [5.41, 5.74) is 0. The van der Waals surface area contributed by atoms with Gasteiger partial charge in [-0.25, -0.2) is 0 Å². The third kappa shape index (κ3) is 1.38. The van der Waals surface area contributed by atoms with Crippen LogP contribution in [0.4, 0.5) is 0 Å². The van der Waals surface area contributed by atoms with Crippen molar-refractivity contribution in [2.24, 2.45) is 5.92 Å². The minimum atomic E-state index is 0.736. The molecule has 0 aromatic rings. The van der Waals surface area contributed by atoms with Gasteiger partial charge >= 0.3 is 0 Å². The third-order valence-electron chi connectivity index (χ3n) is 3.44. The van der Waals surface area contributed by atoms with Crippen molar-refractivity contribution in [3.8, 4) is 0 Å². The molecule has 2 heterocycles. The van der Waals surface area contributed by atoms with E-state index >= 15 is 0 Å². The van der Waals surface area contributed by atoms with Crippen LogP contribution in [0.25, 0.3) is 0 Å². The van der Waals surface area contributed by atoms with E-state index in [0.717, 1.165) is 18.0 Å². The first kappa shape index (κ1) is 8.52.